The Morgan fingerprint density at radius 2 is 2.12 bits per heavy atom. The first kappa shape index (κ1) is 11.8. The number of nitrogens with one attached hydrogen (secondary N) is 1. The smallest absolute Gasteiger partial charge is 0.0325 e. The molecule has 0 aromatic heterocycles. The minimum Gasteiger partial charge on any atom is -0.399 e. The van der Waals surface area contributed by atoms with Crippen molar-refractivity contribution in [2.75, 3.05) is 44.2 Å². The van der Waals surface area contributed by atoms with Crippen LogP contribution in [0, 0.1) is 0 Å². The number of nitrogen functional groups attached to an aromatic ring is 1. The number of hydrogen-bond acceptors (Lipinski definition) is 4. The van der Waals surface area contributed by atoms with E-state index >= 15 is 0 Å². The molecule has 0 amide bonds. The predicted octanol–water partition coefficient (Wildman–Crippen LogP) is 1.27. The van der Waals surface area contributed by atoms with Crippen molar-refractivity contribution in [3.05, 3.63) is 24.3 Å². The fraction of sp³-hybridized carbons (Fsp3) is 0.500. The Morgan fingerprint density at radius 3 is 2.88 bits per heavy atom. The summed E-state index contributed by atoms with van der Waals surface area (Å²) in [6, 6.07) is 8.12. The van der Waals surface area contributed by atoms with Gasteiger partial charge in [0, 0.05) is 49.1 Å². The lowest BCUT2D eigenvalue weighted by Crippen LogP contribution is -2.44. The Bertz CT molecular complexity index is 324. The summed E-state index contributed by atoms with van der Waals surface area (Å²) in [6.45, 7) is 5.78. The van der Waals surface area contributed by atoms with Crippen LogP contribution in [0.15, 0.2) is 29.2 Å². The Hall–Kier alpha value is -0.710. The zero-order valence-corrected chi connectivity index (χ0v) is 10.3. The monoisotopic (exact) mass is 237 g/mol. The largest absolute Gasteiger partial charge is 0.399 e. The normalized spacial score (nSPS) is 17.5. The van der Waals surface area contributed by atoms with Crippen LogP contribution < -0.4 is 11.1 Å². The van der Waals surface area contributed by atoms with Crippen LogP contribution in [0.4, 0.5) is 5.69 Å². The highest BCUT2D eigenvalue weighted by Gasteiger charge is 2.08. The molecule has 0 aliphatic carbocycles. The van der Waals surface area contributed by atoms with Gasteiger partial charge in [-0.3, -0.25) is 4.90 Å². The van der Waals surface area contributed by atoms with Crippen molar-refractivity contribution in [3.8, 4) is 0 Å². The Kier molecular flexibility index (Phi) is 4.51. The lowest BCUT2D eigenvalue weighted by Gasteiger charge is -2.26. The first-order valence-electron chi connectivity index (χ1n) is 5.76. The molecule has 1 heterocycles. The first-order valence-corrected chi connectivity index (χ1v) is 6.74. The number of thioether (sulfide) groups is 1. The van der Waals surface area contributed by atoms with Crippen molar-refractivity contribution in [2.45, 2.75) is 4.90 Å². The SMILES string of the molecule is Nc1cccc(SCCN2CCNCC2)c1. The number of rotatable bonds is 4. The zero-order chi connectivity index (χ0) is 11.2. The molecule has 0 radical (unpaired) electrons. The van der Waals surface area contributed by atoms with Crippen molar-refractivity contribution in [1.29, 1.82) is 0 Å². The van der Waals surface area contributed by atoms with Crippen LogP contribution in [0.25, 0.3) is 0 Å². The number of nitrogens with zero attached hydrogens (tertiary/aromatic N) is 1. The van der Waals surface area contributed by atoms with Crippen LogP contribution in [0.3, 0.4) is 0 Å². The summed E-state index contributed by atoms with van der Waals surface area (Å²) in [6.07, 6.45) is 0. The average molecular weight is 237 g/mol. The quantitative estimate of drug-likeness (QED) is 0.611. The van der Waals surface area contributed by atoms with Crippen molar-refractivity contribution in [3.63, 3.8) is 0 Å². The third kappa shape index (κ3) is 3.70. The fourth-order valence-electron chi connectivity index (χ4n) is 1.83. The van der Waals surface area contributed by atoms with E-state index in [0.29, 0.717) is 0 Å². The maximum absolute atomic E-state index is 5.74. The standard InChI is InChI=1S/C12H19N3S/c13-11-2-1-3-12(10-11)16-9-8-15-6-4-14-5-7-15/h1-3,10,14H,4-9,13H2. The van der Waals surface area contributed by atoms with Gasteiger partial charge in [0.15, 0.2) is 0 Å². The van der Waals surface area contributed by atoms with Gasteiger partial charge in [0.1, 0.15) is 0 Å². The summed E-state index contributed by atoms with van der Waals surface area (Å²) >= 11 is 1.89. The van der Waals surface area contributed by atoms with Gasteiger partial charge < -0.3 is 11.1 Å². The number of hydrogen-bond donors (Lipinski definition) is 2. The molecule has 3 nitrogen and oxygen atoms in total. The minimum atomic E-state index is 0.854. The molecule has 0 bridgehead atoms. The van der Waals surface area contributed by atoms with Crippen LogP contribution >= 0.6 is 11.8 Å². The van der Waals surface area contributed by atoms with Gasteiger partial charge in [-0.05, 0) is 18.2 Å². The molecule has 16 heavy (non-hydrogen) atoms. The Labute approximate surface area is 101 Å². The second kappa shape index (κ2) is 6.13. The Morgan fingerprint density at radius 1 is 1.31 bits per heavy atom. The molecular formula is C12H19N3S. The summed E-state index contributed by atoms with van der Waals surface area (Å²) in [7, 11) is 0. The predicted molar refractivity (Wildman–Crippen MR) is 70.9 cm³/mol. The molecule has 0 unspecified atom stereocenters. The number of piperazine rings is 1. The van der Waals surface area contributed by atoms with Gasteiger partial charge in [0.25, 0.3) is 0 Å². The molecule has 3 N–H and O–H groups in total. The number of anilines is 1. The van der Waals surface area contributed by atoms with Gasteiger partial charge in [-0.15, -0.1) is 11.8 Å². The highest BCUT2D eigenvalue weighted by molar-refractivity contribution is 7.99. The molecule has 0 spiro atoms. The maximum Gasteiger partial charge on any atom is 0.0325 e. The summed E-state index contributed by atoms with van der Waals surface area (Å²) in [4.78, 5) is 3.78. The zero-order valence-electron chi connectivity index (χ0n) is 9.48. The third-order valence-electron chi connectivity index (χ3n) is 2.74. The molecule has 1 aliphatic rings. The molecule has 0 saturated carbocycles. The molecule has 1 saturated heterocycles. The van der Waals surface area contributed by atoms with Crippen LogP contribution in [-0.4, -0.2) is 43.4 Å². The molecule has 1 fully saturated rings. The van der Waals surface area contributed by atoms with Crippen molar-refractivity contribution in [2.24, 2.45) is 0 Å². The summed E-state index contributed by atoms with van der Waals surface area (Å²) in [5.41, 5.74) is 6.59. The van der Waals surface area contributed by atoms with Crippen LogP contribution in [0.1, 0.15) is 0 Å². The van der Waals surface area contributed by atoms with E-state index in [0.717, 1.165) is 24.5 Å². The fourth-order valence-corrected chi connectivity index (χ4v) is 2.81. The van der Waals surface area contributed by atoms with Crippen molar-refractivity contribution < 1.29 is 0 Å². The minimum absolute atomic E-state index is 0.854. The van der Waals surface area contributed by atoms with E-state index in [1.165, 1.54) is 24.5 Å². The van der Waals surface area contributed by atoms with Crippen molar-refractivity contribution >= 4 is 17.4 Å². The molecule has 88 valence electrons. The van der Waals surface area contributed by atoms with Gasteiger partial charge in [-0.1, -0.05) is 6.07 Å². The topological polar surface area (TPSA) is 41.3 Å². The third-order valence-corrected chi connectivity index (χ3v) is 3.72. The summed E-state index contributed by atoms with van der Waals surface area (Å²) in [5, 5.41) is 3.37. The molecule has 1 aliphatic heterocycles. The number of benzene rings is 1. The molecule has 0 atom stereocenters. The van der Waals surface area contributed by atoms with E-state index in [2.05, 4.69) is 16.3 Å². The van der Waals surface area contributed by atoms with Crippen LogP contribution in [0.5, 0.6) is 0 Å². The van der Waals surface area contributed by atoms with Crippen molar-refractivity contribution in [1.82, 2.24) is 10.2 Å². The second-order valence-electron chi connectivity index (χ2n) is 4.01. The van der Waals surface area contributed by atoms with Gasteiger partial charge in [0.05, 0.1) is 0 Å². The van der Waals surface area contributed by atoms with E-state index in [1.54, 1.807) is 0 Å². The lowest BCUT2D eigenvalue weighted by atomic mass is 10.3. The second-order valence-corrected chi connectivity index (χ2v) is 5.18. The lowest BCUT2D eigenvalue weighted by molar-refractivity contribution is 0.255. The van der Waals surface area contributed by atoms with E-state index in [1.807, 2.05) is 30.0 Å². The van der Waals surface area contributed by atoms with E-state index < -0.39 is 0 Å². The Balaban J connectivity index is 1.71. The molecule has 1 aromatic rings. The molecule has 4 heteroatoms. The first-order chi connectivity index (χ1) is 7.84. The van der Waals surface area contributed by atoms with Gasteiger partial charge in [0.2, 0.25) is 0 Å². The highest BCUT2D eigenvalue weighted by Crippen LogP contribution is 2.19. The number of nitrogens with two attached hydrogens (primary N) is 1. The van der Waals surface area contributed by atoms with E-state index in [9.17, 15) is 0 Å². The molecule has 1 aromatic carbocycles. The van der Waals surface area contributed by atoms with Crippen LogP contribution in [0.2, 0.25) is 0 Å². The van der Waals surface area contributed by atoms with Crippen LogP contribution in [-0.2, 0) is 0 Å². The average Bonchev–Trinajstić information content (AvgIpc) is 2.30. The van der Waals surface area contributed by atoms with E-state index in [-0.39, 0.29) is 0 Å². The maximum atomic E-state index is 5.74. The summed E-state index contributed by atoms with van der Waals surface area (Å²) in [5.74, 6) is 1.14. The van der Waals surface area contributed by atoms with Gasteiger partial charge in [-0.25, -0.2) is 0 Å². The summed E-state index contributed by atoms with van der Waals surface area (Å²) < 4.78 is 0. The molecule has 2 rings (SSSR count). The van der Waals surface area contributed by atoms with Gasteiger partial charge in [-0.2, -0.15) is 0 Å². The highest BCUT2D eigenvalue weighted by atomic mass is 32.2. The van der Waals surface area contributed by atoms with Gasteiger partial charge >= 0.3 is 0 Å². The van der Waals surface area contributed by atoms with E-state index in [4.69, 9.17) is 5.73 Å². The molecular weight excluding hydrogens is 218 g/mol.